The minimum absolute atomic E-state index is 0.0467. The molecule has 4 N–H and O–H groups in total. The minimum Gasteiger partial charge on any atom is -0.350 e. The number of carbonyl (C=O) groups excluding carboxylic acids is 2. The van der Waals surface area contributed by atoms with Gasteiger partial charge < -0.3 is 11.1 Å². The SMILES string of the molecule is CCC(C#Cc1cccc(C(=O)NCc2ccccc2C(F)(F)F)c1)N(O)C(N)=O. The summed E-state index contributed by atoms with van der Waals surface area (Å²) in [5.74, 6) is 4.86. The zero-order valence-electron chi connectivity index (χ0n) is 16.0. The van der Waals surface area contributed by atoms with Crippen molar-refractivity contribution in [2.24, 2.45) is 5.73 Å². The first-order valence-corrected chi connectivity index (χ1v) is 8.96. The molecule has 2 rings (SSSR count). The molecule has 0 bridgehead atoms. The molecule has 1 atom stereocenters. The zero-order valence-corrected chi connectivity index (χ0v) is 16.0. The number of benzene rings is 2. The van der Waals surface area contributed by atoms with Crippen LogP contribution in [-0.2, 0) is 12.7 Å². The van der Waals surface area contributed by atoms with Crippen molar-refractivity contribution >= 4 is 11.9 Å². The first-order chi connectivity index (χ1) is 14.1. The highest BCUT2D eigenvalue weighted by molar-refractivity contribution is 5.94. The maximum absolute atomic E-state index is 13.1. The number of nitrogens with one attached hydrogen (secondary N) is 1. The van der Waals surface area contributed by atoms with E-state index in [2.05, 4.69) is 17.2 Å². The summed E-state index contributed by atoms with van der Waals surface area (Å²) >= 11 is 0. The second-order valence-corrected chi connectivity index (χ2v) is 6.29. The van der Waals surface area contributed by atoms with Crippen LogP contribution in [0.4, 0.5) is 18.0 Å². The van der Waals surface area contributed by atoms with Gasteiger partial charge >= 0.3 is 12.2 Å². The predicted molar refractivity (Wildman–Crippen MR) is 103 cm³/mol. The summed E-state index contributed by atoms with van der Waals surface area (Å²) in [6, 6.07) is 9.27. The number of hydrogen-bond donors (Lipinski definition) is 3. The van der Waals surface area contributed by atoms with Gasteiger partial charge in [0.25, 0.3) is 5.91 Å². The van der Waals surface area contributed by atoms with Crippen molar-refractivity contribution in [1.29, 1.82) is 0 Å². The Morgan fingerprint density at radius 3 is 2.53 bits per heavy atom. The molecule has 0 aromatic heterocycles. The number of halogens is 3. The number of carbonyl (C=O) groups is 2. The van der Waals surface area contributed by atoms with E-state index in [1.807, 2.05) is 0 Å². The van der Waals surface area contributed by atoms with Crippen LogP contribution < -0.4 is 11.1 Å². The van der Waals surface area contributed by atoms with Gasteiger partial charge in [-0.25, -0.2) is 4.79 Å². The summed E-state index contributed by atoms with van der Waals surface area (Å²) < 4.78 is 39.2. The van der Waals surface area contributed by atoms with Crippen molar-refractivity contribution in [3.63, 3.8) is 0 Å². The molecule has 2 aromatic carbocycles. The molecule has 30 heavy (non-hydrogen) atoms. The van der Waals surface area contributed by atoms with E-state index in [4.69, 9.17) is 5.73 Å². The lowest BCUT2D eigenvalue weighted by Gasteiger charge is -2.17. The maximum atomic E-state index is 13.1. The molecule has 9 heteroatoms. The van der Waals surface area contributed by atoms with Gasteiger partial charge in [-0.3, -0.25) is 10.0 Å². The highest BCUT2D eigenvalue weighted by atomic mass is 19.4. The second-order valence-electron chi connectivity index (χ2n) is 6.29. The third-order valence-corrected chi connectivity index (χ3v) is 4.18. The highest BCUT2D eigenvalue weighted by Crippen LogP contribution is 2.31. The van der Waals surface area contributed by atoms with E-state index >= 15 is 0 Å². The van der Waals surface area contributed by atoms with E-state index in [0.717, 1.165) is 6.07 Å². The van der Waals surface area contributed by atoms with Crippen molar-refractivity contribution in [2.45, 2.75) is 32.1 Å². The first kappa shape index (κ1) is 22.8. The van der Waals surface area contributed by atoms with E-state index in [0.29, 0.717) is 17.0 Å². The summed E-state index contributed by atoms with van der Waals surface area (Å²) in [5, 5.41) is 12.4. The quantitative estimate of drug-likeness (QED) is 0.393. The number of hydrogen-bond acceptors (Lipinski definition) is 3. The molecule has 0 radical (unpaired) electrons. The summed E-state index contributed by atoms with van der Waals surface area (Å²) in [6.07, 6.45) is -4.19. The summed E-state index contributed by atoms with van der Waals surface area (Å²) in [4.78, 5) is 23.4. The fourth-order valence-corrected chi connectivity index (χ4v) is 2.62. The van der Waals surface area contributed by atoms with E-state index in [-0.39, 0.29) is 17.7 Å². The van der Waals surface area contributed by atoms with E-state index in [1.54, 1.807) is 19.1 Å². The monoisotopic (exact) mass is 419 g/mol. The molecule has 3 amide bonds. The third kappa shape index (κ3) is 5.99. The van der Waals surface area contributed by atoms with E-state index in [9.17, 15) is 28.0 Å². The van der Waals surface area contributed by atoms with E-state index in [1.165, 1.54) is 30.3 Å². The Labute approximate surface area is 171 Å². The molecule has 0 heterocycles. The van der Waals surface area contributed by atoms with Crippen LogP contribution in [0.25, 0.3) is 0 Å². The van der Waals surface area contributed by atoms with Gasteiger partial charge in [-0.15, -0.1) is 0 Å². The van der Waals surface area contributed by atoms with Crippen LogP contribution in [0.5, 0.6) is 0 Å². The van der Waals surface area contributed by atoms with Crippen molar-refractivity contribution in [3.05, 3.63) is 70.8 Å². The lowest BCUT2D eigenvalue weighted by atomic mass is 10.1. The van der Waals surface area contributed by atoms with Crippen LogP contribution in [0.3, 0.4) is 0 Å². The Kier molecular flexibility index (Phi) is 7.44. The summed E-state index contributed by atoms with van der Waals surface area (Å²) in [6.45, 7) is 1.41. The fourth-order valence-electron chi connectivity index (χ4n) is 2.62. The zero-order chi connectivity index (χ0) is 22.3. The van der Waals surface area contributed by atoms with Crippen molar-refractivity contribution in [1.82, 2.24) is 10.4 Å². The molecule has 0 aliphatic carbocycles. The Morgan fingerprint density at radius 2 is 1.90 bits per heavy atom. The molecule has 1 unspecified atom stereocenters. The molecule has 6 nitrogen and oxygen atoms in total. The van der Waals surface area contributed by atoms with Crippen LogP contribution in [-0.4, -0.2) is 28.3 Å². The largest absolute Gasteiger partial charge is 0.416 e. The first-order valence-electron chi connectivity index (χ1n) is 8.96. The highest BCUT2D eigenvalue weighted by Gasteiger charge is 2.32. The van der Waals surface area contributed by atoms with Crippen LogP contribution in [0.2, 0.25) is 0 Å². The molecule has 0 saturated heterocycles. The van der Waals surface area contributed by atoms with Crippen LogP contribution in [0.1, 0.15) is 40.4 Å². The van der Waals surface area contributed by atoms with Gasteiger partial charge in [0.05, 0.1) is 5.56 Å². The number of rotatable bonds is 5. The van der Waals surface area contributed by atoms with Crippen molar-refractivity contribution < 1.29 is 28.0 Å². The fraction of sp³-hybridized carbons (Fsp3) is 0.238. The Hall–Kier alpha value is -3.51. The Morgan fingerprint density at radius 1 is 1.20 bits per heavy atom. The molecule has 0 saturated carbocycles. The Balaban J connectivity index is 2.13. The van der Waals surface area contributed by atoms with Gasteiger partial charge in [0, 0.05) is 17.7 Å². The number of hydroxylamine groups is 2. The third-order valence-electron chi connectivity index (χ3n) is 4.18. The minimum atomic E-state index is -4.52. The summed E-state index contributed by atoms with van der Waals surface area (Å²) in [7, 11) is 0. The smallest absolute Gasteiger partial charge is 0.350 e. The van der Waals surface area contributed by atoms with Gasteiger partial charge in [0.15, 0.2) is 0 Å². The average Bonchev–Trinajstić information content (AvgIpc) is 2.72. The summed E-state index contributed by atoms with van der Waals surface area (Å²) in [5.41, 5.74) is 4.79. The van der Waals surface area contributed by atoms with Gasteiger partial charge in [-0.1, -0.05) is 43.0 Å². The number of primary amides is 1. The lowest BCUT2D eigenvalue weighted by molar-refractivity contribution is -0.138. The predicted octanol–water partition coefficient (Wildman–Crippen LogP) is 3.54. The lowest BCUT2D eigenvalue weighted by Crippen LogP contribution is -2.40. The van der Waals surface area contributed by atoms with Crippen LogP contribution in [0.15, 0.2) is 48.5 Å². The topological polar surface area (TPSA) is 95.7 Å². The molecular weight excluding hydrogens is 399 g/mol. The molecule has 2 aromatic rings. The van der Waals surface area contributed by atoms with E-state index < -0.39 is 29.7 Å². The number of nitrogens with zero attached hydrogens (tertiary/aromatic N) is 1. The second kappa shape index (κ2) is 9.80. The van der Waals surface area contributed by atoms with Crippen molar-refractivity contribution in [3.8, 4) is 11.8 Å². The van der Waals surface area contributed by atoms with Gasteiger partial charge in [0.2, 0.25) is 0 Å². The maximum Gasteiger partial charge on any atom is 0.416 e. The number of alkyl halides is 3. The average molecular weight is 419 g/mol. The van der Waals surface area contributed by atoms with Gasteiger partial charge in [-0.2, -0.15) is 18.2 Å². The molecule has 0 aliphatic heterocycles. The normalized spacial score (nSPS) is 11.8. The molecule has 0 aliphatic rings. The van der Waals surface area contributed by atoms with Crippen LogP contribution in [0, 0.1) is 11.8 Å². The van der Waals surface area contributed by atoms with Crippen molar-refractivity contribution in [2.75, 3.05) is 0 Å². The molecule has 0 spiro atoms. The van der Waals surface area contributed by atoms with Gasteiger partial charge in [0.1, 0.15) is 6.04 Å². The Bertz CT molecular complexity index is 980. The number of amides is 3. The molecule has 158 valence electrons. The molecular formula is C21H20F3N3O3. The number of urea groups is 1. The van der Waals surface area contributed by atoms with Gasteiger partial charge in [-0.05, 0) is 36.2 Å². The standard InChI is InChI=1S/C21H20F3N3O3/c1-2-17(27(30)20(25)29)11-10-14-6-5-8-15(12-14)19(28)26-13-16-7-3-4-9-18(16)21(22,23)24/h3-9,12,17,30H,2,13H2,1H3,(H2,25,29)(H,26,28). The number of nitrogens with two attached hydrogens (primary N) is 1. The molecule has 0 fully saturated rings. The van der Waals surface area contributed by atoms with Crippen LogP contribution >= 0.6 is 0 Å².